The first-order valence-electron chi connectivity index (χ1n) is 11.5. The highest BCUT2D eigenvalue weighted by Crippen LogP contribution is 2.30. The van der Waals surface area contributed by atoms with E-state index in [1.54, 1.807) is 18.2 Å². The summed E-state index contributed by atoms with van der Waals surface area (Å²) in [5, 5.41) is 0. The molecule has 0 unspecified atom stereocenters. The van der Waals surface area contributed by atoms with Crippen molar-refractivity contribution in [3.63, 3.8) is 0 Å². The van der Waals surface area contributed by atoms with Gasteiger partial charge < -0.3 is 24.7 Å². The summed E-state index contributed by atoms with van der Waals surface area (Å²) >= 11 is 0. The second-order valence-corrected chi connectivity index (χ2v) is 8.83. The Labute approximate surface area is 198 Å². The van der Waals surface area contributed by atoms with Gasteiger partial charge in [0, 0.05) is 44.7 Å². The number of nitrogens with zero attached hydrogens (tertiary/aromatic N) is 6. The molecule has 2 N–H and O–H groups in total. The number of carbonyl (C=O) groups excluding carboxylic acids is 1. The highest BCUT2D eigenvalue weighted by Gasteiger charge is 2.35. The molecule has 10 nitrogen and oxygen atoms in total. The van der Waals surface area contributed by atoms with Crippen LogP contribution in [0.4, 0.5) is 5.82 Å². The van der Waals surface area contributed by atoms with Crippen LogP contribution in [0.2, 0.25) is 0 Å². The van der Waals surface area contributed by atoms with E-state index >= 15 is 0 Å². The quantitative estimate of drug-likeness (QED) is 0.590. The Morgan fingerprint density at radius 1 is 1.21 bits per heavy atom. The van der Waals surface area contributed by atoms with E-state index in [0.717, 1.165) is 29.9 Å². The molecule has 0 aliphatic carbocycles. The molecule has 0 bridgehead atoms. The number of amides is 1. The van der Waals surface area contributed by atoms with Gasteiger partial charge in [0.05, 0.1) is 36.8 Å². The fraction of sp³-hybridized carbons (Fsp3) is 0.458. The minimum absolute atomic E-state index is 0.147. The van der Waals surface area contributed by atoms with Crippen molar-refractivity contribution >= 4 is 11.7 Å². The van der Waals surface area contributed by atoms with E-state index in [4.69, 9.17) is 20.2 Å². The lowest BCUT2D eigenvalue weighted by molar-refractivity contribution is 0.0376. The third kappa shape index (κ3) is 4.38. The number of nitrogen functional groups attached to an aromatic ring is 1. The maximum Gasteiger partial charge on any atom is 0.290 e. The maximum absolute atomic E-state index is 13.5. The number of pyridine rings is 1. The summed E-state index contributed by atoms with van der Waals surface area (Å²) in [5.41, 5.74) is 9.87. The standard InChI is InChI=1S/C24H29N7O3/c1-15-4-3-5-17(27-15)11-31-18(14-33-2)12-30-13-20(29-23(30)24(31)32)21-22(25)26-10-19(28-21)16-6-8-34-9-7-16/h3-5,10,13,16,18H,6-9,11-12,14H2,1-2H3,(H2,25,26)/t18-/m1/s1. The summed E-state index contributed by atoms with van der Waals surface area (Å²) in [7, 11) is 1.64. The topological polar surface area (TPSA) is 121 Å². The van der Waals surface area contributed by atoms with Crippen LogP contribution in [-0.2, 0) is 22.6 Å². The molecule has 5 heterocycles. The van der Waals surface area contributed by atoms with Crippen LogP contribution in [0, 0.1) is 6.92 Å². The monoisotopic (exact) mass is 463 g/mol. The smallest absolute Gasteiger partial charge is 0.290 e. The zero-order valence-corrected chi connectivity index (χ0v) is 19.5. The molecule has 3 aromatic rings. The highest BCUT2D eigenvalue weighted by molar-refractivity contribution is 5.92. The van der Waals surface area contributed by atoms with Crippen molar-refractivity contribution in [1.29, 1.82) is 0 Å². The van der Waals surface area contributed by atoms with E-state index in [-0.39, 0.29) is 17.9 Å². The van der Waals surface area contributed by atoms with Gasteiger partial charge in [0.1, 0.15) is 11.4 Å². The van der Waals surface area contributed by atoms with Crippen LogP contribution in [0.1, 0.15) is 46.5 Å². The van der Waals surface area contributed by atoms with E-state index in [2.05, 4.69) is 15.0 Å². The molecule has 3 aromatic heterocycles. The van der Waals surface area contributed by atoms with Gasteiger partial charge in [-0.2, -0.15) is 0 Å². The Morgan fingerprint density at radius 3 is 2.79 bits per heavy atom. The summed E-state index contributed by atoms with van der Waals surface area (Å²) in [4.78, 5) is 33.7. The number of hydrogen-bond acceptors (Lipinski definition) is 8. The number of aromatic nitrogens is 5. The summed E-state index contributed by atoms with van der Waals surface area (Å²) in [6.07, 6.45) is 5.38. The van der Waals surface area contributed by atoms with Gasteiger partial charge in [0.15, 0.2) is 11.6 Å². The van der Waals surface area contributed by atoms with Crippen molar-refractivity contribution in [3.05, 3.63) is 53.5 Å². The molecule has 0 radical (unpaired) electrons. The van der Waals surface area contributed by atoms with E-state index < -0.39 is 0 Å². The largest absolute Gasteiger partial charge is 0.382 e. The van der Waals surface area contributed by atoms with Gasteiger partial charge in [-0.3, -0.25) is 9.78 Å². The zero-order chi connectivity index (χ0) is 23.7. The van der Waals surface area contributed by atoms with Crippen LogP contribution in [0.3, 0.4) is 0 Å². The number of imidazole rings is 1. The molecule has 0 saturated carbocycles. The summed E-state index contributed by atoms with van der Waals surface area (Å²) < 4.78 is 12.8. The Balaban J connectivity index is 1.46. The lowest BCUT2D eigenvalue weighted by Crippen LogP contribution is -2.49. The number of carbonyl (C=O) groups is 1. The predicted molar refractivity (Wildman–Crippen MR) is 125 cm³/mol. The van der Waals surface area contributed by atoms with Crippen molar-refractivity contribution in [2.75, 3.05) is 32.7 Å². The van der Waals surface area contributed by atoms with Crippen molar-refractivity contribution in [1.82, 2.24) is 29.4 Å². The molecule has 10 heteroatoms. The molecule has 1 saturated heterocycles. The van der Waals surface area contributed by atoms with E-state index in [1.807, 2.05) is 35.9 Å². The molecule has 2 aliphatic rings. The molecule has 5 rings (SSSR count). The van der Waals surface area contributed by atoms with Gasteiger partial charge in [-0.15, -0.1) is 0 Å². The number of ether oxygens (including phenoxy) is 2. The average Bonchev–Trinajstić information content (AvgIpc) is 3.27. The molecule has 1 fully saturated rings. The molecule has 2 aliphatic heterocycles. The van der Waals surface area contributed by atoms with E-state index in [0.29, 0.717) is 55.9 Å². The van der Waals surface area contributed by atoms with Crippen LogP contribution in [0.25, 0.3) is 11.4 Å². The zero-order valence-electron chi connectivity index (χ0n) is 19.5. The van der Waals surface area contributed by atoms with E-state index in [9.17, 15) is 4.79 Å². The second-order valence-electron chi connectivity index (χ2n) is 8.83. The minimum Gasteiger partial charge on any atom is -0.382 e. The first-order valence-corrected chi connectivity index (χ1v) is 11.5. The lowest BCUT2D eigenvalue weighted by Gasteiger charge is -2.35. The van der Waals surface area contributed by atoms with Crippen molar-refractivity contribution in [2.24, 2.45) is 0 Å². The molecular formula is C24H29N7O3. The lowest BCUT2D eigenvalue weighted by atomic mass is 9.97. The first kappa shape index (κ1) is 22.4. The van der Waals surface area contributed by atoms with Crippen LogP contribution in [0.5, 0.6) is 0 Å². The number of aryl methyl sites for hydroxylation is 1. The molecule has 178 valence electrons. The highest BCUT2D eigenvalue weighted by atomic mass is 16.5. The van der Waals surface area contributed by atoms with Crippen LogP contribution >= 0.6 is 0 Å². The van der Waals surface area contributed by atoms with Crippen molar-refractivity contribution < 1.29 is 14.3 Å². The summed E-state index contributed by atoms with van der Waals surface area (Å²) in [5.74, 6) is 0.762. The second kappa shape index (κ2) is 9.47. The Kier molecular flexibility index (Phi) is 6.25. The van der Waals surface area contributed by atoms with Gasteiger partial charge in [-0.05, 0) is 31.9 Å². The number of rotatable bonds is 6. The van der Waals surface area contributed by atoms with Gasteiger partial charge >= 0.3 is 0 Å². The number of methoxy groups -OCH3 is 1. The summed E-state index contributed by atoms with van der Waals surface area (Å²) in [6.45, 7) is 4.72. The molecule has 0 spiro atoms. The molecule has 1 amide bonds. The SMILES string of the molecule is COC[C@H]1Cn2cc(-c3nc(C4CCOCC4)cnc3N)nc2C(=O)N1Cc1cccc(C)n1. The first-order chi connectivity index (χ1) is 16.5. The summed E-state index contributed by atoms with van der Waals surface area (Å²) in [6, 6.07) is 5.66. The Hall–Kier alpha value is -3.37. The molecule has 0 aromatic carbocycles. The fourth-order valence-electron chi connectivity index (χ4n) is 4.65. The maximum atomic E-state index is 13.5. The van der Waals surface area contributed by atoms with Crippen molar-refractivity contribution in [2.45, 2.75) is 44.8 Å². The number of anilines is 1. The van der Waals surface area contributed by atoms with Crippen molar-refractivity contribution in [3.8, 4) is 11.4 Å². The number of nitrogens with two attached hydrogens (primary N) is 1. The van der Waals surface area contributed by atoms with Gasteiger partial charge in [0.2, 0.25) is 0 Å². The average molecular weight is 464 g/mol. The molecule has 34 heavy (non-hydrogen) atoms. The Morgan fingerprint density at radius 2 is 2.03 bits per heavy atom. The van der Waals surface area contributed by atoms with Crippen LogP contribution < -0.4 is 5.73 Å². The third-order valence-electron chi connectivity index (χ3n) is 6.42. The van der Waals surface area contributed by atoms with Crippen LogP contribution in [-0.4, -0.2) is 68.3 Å². The third-order valence-corrected chi connectivity index (χ3v) is 6.42. The normalized spacial score (nSPS) is 18.8. The van der Waals surface area contributed by atoms with E-state index in [1.165, 1.54) is 0 Å². The fourth-order valence-corrected chi connectivity index (χ4v) is 4.65. The number of fused-ring (bicyclic) bond motifs is 1. The van der Waals surface area contributed by atoms with Gasteiger partial charge in [-0.25, -0.2) is 15.0 Å². The molecule has 1 atom stereocenters. The van der Waals surface area contributed by atoms with Gasteiger partial charge in [-0.1, -0.05) is 6.07 Å². The Bertz CT molecular complexity index is 1190. The molecular weight excluding hydrogens is 434 g/mol. The van der Waals surface area contributed by atoms with Gasteiger partial charge in [0.25, 0.3) is 5.91 Å². The minimum atomic E-state index is -0.171. The number of hydrogen-bond donors (Lipinski definition) is 1. The predicted octanol–water partition coefficient (Wildman–Crippen LogP) is 2.19. The van der Waals surface area contributed by atoms with Crippen LogP contribution in [0.15, 0.2) is 30.6 Å².